The Bertz CT molecular complexity index is 921. The third-order valence-corrected chi connectivity index (χ3v) is 4.34. The number of carbonyl (C=O) groups is 2. The molecule has 1 aliphatic rings. The second-order valence-corrected chi connectivity index (χ2v) is 5.95. The summed E-state index contributed by atoms with van der Waals surface area (Å²) in [6.45, 7) is 3.63. The average Bonchev–Trinajstić information content (AvgIpc) is 3.29. The Hall–Kier alpha value is -3.09. The first-order valence-electron chi connectivity index (χ1n) is 8.12. The summed E-state index contributed by atoms with van der Waals surface area (Å²) in [5.41, 5.74) is 1.69. The monoisotopic (exact) mass is 339 g/mol. The number of hydrogen-bond donors (Lipinski definition) is 0. The van der Waals surface area contributed by atoms with E-state index in [1.165, 1.54) is 6.26 Å². The number of benzene rings is 1. The molecule has 128 valence electrons. The number of para-hydroxylation sites is 1. The van der Waals surface area contributed by atoms with Gasteiger partial charge in [0.25, 0.3) is 11.8 Å². The van der Waals surface area contributed by atoms with Crippen LogP contribution >= 0.6 is 0 Å². The van der Waals surface area contributed by atoms with Crippen LogP contribution in [-0.2, 0) is 0 Å². The van der Waals surface area contributed by atoms with Gasteiger partial charge in [-0.15, -0.1) is 0 Å². The molecule has 0 aliphatic carbocycles. The standard InChI is InChI=1S/C18H17N3O4/c1-12-19-14-5-2-4-13(16(14)25-12)17(22)20-7-9-21(10-8-20)18(23)15-6-3-11-24-15/h2-6,11H,7-10H2,1H3. The summed E-state index contributed by atoms with van der Waals surface area (Å²) in [5.74, 6) is 0.600. The number of oxazole rings is 1. The van der Waals surface area contributed by atoms with Crippen molar-refractivity contribution in [1.82, 2.24) is 14.8 Å². The van der Waals surface area contributed by atoms with Crippen LogP contribution < -0.4 is 0 Å². The fourth-order valence-electron chi connectivity index (χ4n) is 3.07. The van der Waals surface area contributed by atoms with Crippen molar-refractivity contribution in [3.8, 4) is 0 Å². The molecule has 3 aromatic rings. The zero-order chi connectivity index (χ0) is 17.4. The third kappa shape index (κ3) is 2.77. The number of piperazine rings is 1. The highest BCUT2D eigenvalue weighted by Gasteiger charge is 2.28. The Balaban J connectivity index is 1.48. The molecule has 0 bridgehead atoms. The van der Waals surface area contributed by atoms with E-state index in [0.717, 1.165) is 0 Å². The molecule has 0 saturated carbocycles. The van der Waals surface area contributed by atoms with E-state index < -0.39 is 0 Å². The normalized spacial score (nSPS) is 14.9. The van der Waals surface area contributed by atoms with Crippen LogP contribution in [0, 0.1) is 6.92 Å². The first-order valence-corrected chi connectivity index (χ1v) is 8.12. The summed E-state index contributed by atoms with van der Waals surface area (Å²) in [7, 11) is 0. The summed E-state index contributed by atoms with van der Waals surface area (Å²) in [6.07, 6.45) is 1.48. The van der Waals surface area contributed by atoms with E-state index in [-0.39, 0.29) is 11.8 Å². The van der Waals surface area contributed by atoms with Gasteiger partial charge in [0.1, 0.15) is 5.52 Å². The zero-order valence-electron chi connectivity index (χ0n) is 13.8. The molecule has 1 fully saturated rings. The molecular formula is C18H17N3O4. The van der Waals surface area contributed by atoms with E-state index in [9.17, 15) is 9.59 Å². The van der Waals surface area contributed by atoms with Gasteiger partial charge >= 0.3 is 0 Å². The fourth-order valence-corrected chi connectivity index (χ4v) is 3.07. The maximum absolute atomic E-state index is 12.8. The van der Waals surface area contributed by atoms with Crippen LogP contribution in [0.15, 0.2) is 45.4 Å². The third-order valence-electron chi connectivity index (χ3n) is 4.34. The van der Waals surface area contributed by atoms with Gasteiger partial charge < -0.3 is 18.6 Å². The van der Waals surface area contributed by atoms with E-state index in [4.69, 9.17) is 8.83 Å². The lowest BCUT2D eigenvalue weighted by Gasteiger charge is -2.34. The number of hydrogen-bond acceptors (Lipinski definition) is 5. The molecule has 3 heterocycles. The molecule has 0 atom stereocenters. The number of carbonyl (C=O) groups excluding carboxylic acids is 2. The van der Waals surface area contributed by atoms with Crippen LogP contribution in [0.3, 0.4) is 0 Å². The van der Waals surface area contributed by atoms with E-state index in [1.807, 2.05) is 6.07 Å². The summed E-state index contributed by atoms with van der Waals surface area (Å²) in [5, 5.41) is 0. The number of aromatic nitrogens is 1. The first-order chi connectivity index (χ1) is 12.1. The summed E-state index contributed by atoms with van der Waals surface area (Å²) >= 11 is 0. The van der Waals surface area contributed by atoms with Crippen molar-refractivity contribution in [2.45, 2.75) is 6.92 Å². The highest BCUT2D eigenvalue weighted by Crippen LogP contribution is 2.22. The quantitative estimate of drug-likeness (QED) is 0.716. The molecule has 1 aliphatic heterocycles. The molecule has 25 heavy (non-hydrogen) atoms. The minimum atomic E-state index is -0.148. The number of rotatable bonds is 2. The number of fused-ring (bicyclic) bond motifs is 1. The number of aryl methyl sites for hydroxylation is 1. The molecule has 0 spiro atoms. The van der Waals surface area contributed by atoms with Gasteiger partial charge in [0.05, 0.1) is 11.8 Å². The molecule has 1 saturated heterocycles. The van der Waals surface area contributed by atoms with E-state index in [0.29, 0.717) is 54.5 Å². The smallest absolute Gasteiger partial charge is 0.289 e. The van der Waals surface area contributed by atoms with E-state index in [1.54, 1.807) is 41.0 Å². The van der Waals surface area contributed by atoms with Crippen molar-refractivity contribution in [2.24, 2.45) is 0 Å². The predicted molar refractivity (Wildman–Crippen MR) is 89.3 cm³/mol. The minimum Gasteiger partial charge on any atom is -0.459 e. The van der Waals surface area contributed by atoms with Crippen LogP contribution in [0.25, 0.3) is 11.1 Å². The predicted octanol–water partition coefficient (Wildman–Crippen LogP) is 2.33. The molecule has 1 aromatic carbocycles. The number of nitrogens with zero attached hydrogens (tertiary/aromatic N) is 3. The van der Waals surface area contributed by atoms with Crippen LogP contribution in [0.1, 0.15) is 26.8 Å². The highest BCUT2D eigenvalue weighted by atomic mass is 16.3. The van der Waals surface area contributed by atoms with Crippen molar-refractivity contribution in [2.75, 3.05) is 26.2 Å². The first kappa shape index (κ1) is 15.4. The molecule has 2 amide bonds. The van der Waals surface area contributed by atoms with Crippen LogP contribution in [0.4, 0.5) is 0 Å². The Labute approximate surface area is 143 Å². The van der Waals surface area contributed by atoms with Gasteiger partial charge in [-0.3, -0.25) is 9.59 Å². The lowest BCUT2D eigenvalue weighted by atomic mass is 10.1. The second kappa shape index (κ2) is 6.08. The Morgan fingerprint density at radius 3 is 2.40 bits per heavy atom. The maximum atomic E-state index is 12.8. The van der Waals surface area contributed by atoms with Gasteiger partial charge in [0, 0.05) is 33.1 Å². The molecule has 2 aromatic heterocycles. The number of amides is 2. The Morgan fingerprint density at radius 2 is 1.72 bits per heavy atom. The van der Waals surface area contributed by atoms with Gasteiger partial charge in [-0.05, 0) is 24.3 Å². The van der Waals surface area contributed by atoms with Gasteiger partial charge in [-0.2, -0.15) is 0 Å². The molecular weight excluding hydrogens is 322 g/mol. The van der Waals surface area contributed by atoms with Gasteiger partial charge in [-0.1, -0.05) is 6.07 Å². The molecule has 7 nitrogen and oxygen atoms in total. The minimum absolute atomic E-state index is 0.105. The summed E-state index contributed by atoms with van der Waals surface area (Å²) < 4.78 is 10.7. The summed E-state index contributed by atoms with van der Waals surface area (Å²) in [4.78, 5) is 32.8. The second-order valence-electron chi connectivity index (χ2n) is 5.95. The molecule has 0 unspecified atom stereocenters. The van der Waals surface area contributed by atoms with Crippen LogP contribution in [0.5, 0.6) is 0 Å². The topological polar surface area (TPSA) is 79.8 Å². The highest BCUT2D eigenvalue weighted by molar-refractivity contribution is 6.04. The van der Waals surface area contributed by atoms with Crippen LogP contribution in [-0.4, -0.2) is 52.8 Å². The van der Waals surface area contributed by atoms with E-state index in [2.05, 4.69) is 4.98 Å². The SMILES string of the molecule is Cc1nc2cccc(C(=O)N3CCN(C(=O)c4ccco4)CC3)c2o1. The maximum Gasteiger partial charge on any atom is 0.289 e. The van der Waals surface area contributed by atoms with Gasteiger partial charge in [0.15, 0.2) is 17.2 Å². The molecule has 0 radical (unpaired) electrons. The van der Waals surface area contributed by atoms with E-state index >= 15 is 0 Å². The Morgan fingerprint density at radius 1 is 1.00 bits per heavy atom. The molecule has 0 N–H and O–H groups in total. The van der Waals surface area contributed by atoms with Crippen LogP contribution in [0.2, 0.25) is 0 Å². The fraction of sp³-hybridized carbons (Fsp3) is 0.278. The van der Waals surface area contributed by atoms with Crippen molar-refractivity contribution < 1.29 is 18.4 Å². The van der Waals surface area contributed by atoms with Gasteiger partial charge in [0.2, 0.25) is 0 Å². The van der Waals surface area contributed by atoms with Crippen molar-refractivity contribution >= 4 is 22.9 Å². The Kier molecular flexibility index (Phi) is 3.76. The molecule has 7 heteroatoms. The van der Waals surface area contributed by atoms with Crippen molar-refractivity contribution in [3.05, 3.63) is 53.8 Å². The largest absolute Gasteiger partial charge is 0.459 e. The zero-order valence-corrected chi connectivity index (χ0v) is 13.8. The molecule has 4 rings (SSSR count). The van der Waals surface area contributed by atoms with Crippen molar-refractivity contribution in [3.63, 3.8) is 0 Å². The lowest BCUT2D eigenvalue weighted by Crippen LogP contribution is -2.50. The number of furan rings is 1. The van der Waals surface area contributed by atoms with Gasteiger partial charge in [-0.25, -0.2) is 4.98 Å². The summed E-state index contributed by atoms with van der Waals surface area (Å²) in [6, 6.07) is 8.70. The average molecular weight is 339 g/mol. The van der Waals surface area contributed by atoms with Crippen molar-refractivity contribution in [1.29, 1.82) is 0 Å². The lowest BCUT2D eigenvalue weighted by molar-refractivity contribution is 0.0518.